The number of benzene rings is 2. The van der Waals surface area contributed by atoms with Crippen molar-refractivity contribution < 1.29 is 9.18 Å². The lowest BCUT2D eigenvalue weighted by molar-refractivity contribution is 0.0956. The number of amides is 1. The zero-order valence-electron chi connectivity index (χ0n) is 13.6. The quantitative estimate of drug-likeness (QED) is 0.658. The molecule has 1 heterocycles. The summed E-state index contributed by atoms with van der Waals surface area (Å²) >= 11 is 1.59. The van der Waals surface area contributed by atoms with Crippen molar-refractivity contribution in [3.8, 4) is 5.69 Å². The van der Waals surface area contributed by atoms with Crippen LogP contribution in [0.2, 0.25) is 0 Å². The molecule has 0 radical (unpaired) electrons. The second-order valence-corrected chi connectivity index (χ2v) is 6.52. The number of imidazole rings is 1. The van der Waals surface area contributed by atoms with Gasteiger partial charge in [-0.15, -0.1) is 0 Å². The Labute approximate surface area is 150 Å². The van der Waals surface area contributed by atoms with Gasteiger partial charge in [0.1, 0.15) is 5.82 Å². The second-order valence-electron chi connectivity index (χ2n) is 5.42. The standard InChI is InChI=1S/C19H18FN3OS/c20-18-4-2-1-3-16(18)13-25-12-10-22-19(24)15-5-7-17(8-6-15)23-11-9-21-14-23/h1-9,11,14H,10,12-13H2,(H,22,24). The van der Waals surface area contributed by atoms with Crippen molar-refractivity contribution in [2.24, 2.45) is 0 Å². The van der Waals surface area contributed by atoms with E-state index in [-0.39, 0.29) is 11.7 Å². The van der Waals surface area contributed by atoms with Crippen LogP contribution in [0.5, 0.6) is 0 Å². The van der Waals surface area contributed by atoms with E-state index in [1.807, 2.05) is 29.0 Å². The van der Waals surface area contributed by atoms with Crippen molar-refractivity contribution in [3.05, 3.63) is 84.2 Å². The lowest BCUT2D eigenvalue weighted by Gasteiger charge is -2.07. The number of aromatic nitrogens is 2. The summed E-state index contributed by atoms with van der Waals surface area (Å²) in [6, 6.07) is 14.1. The van der Waals surface area contributed by atoms with Crippen LogP contribution in [0.4, 0.5) is 4.39 Å². The summed E-state index contributed by atoms with van der Waals surface area (Å²) in [7, 11) is 0. The Kier molecular flexibility index (Phi) is 5.85. The van der Waals surface area contributed by atoms with Crippen molar-refractivity contribution in [2.45, 2.75) is 5.75 Å². The SMILES string of the molecule is O=C(NCCSCc1ccccc1F)c1ccc(-n2ccnc2)cc1. The van der Waals surface area contributed by atoms with E-state index >= 15 is 0 Å². The van der Waals surface area contributed by atoms with E-state index in [0.29, 0.717) is 23.4 Å². The Hall–Kier alpha value is -2.60. The molecule has 0 aliphatic heterocycles. The number of carbonyl (C=O) groups is 1. The number of halogens is 1. The van der Waals surface area contributed by atoms with E-state index in [9.17, 15) is 9.18 Å². The highest BCUT2D eigenvalue weighted by molar-refractivity contribution is 7.98. The molecular formula is C19H18FN3OS. The first kappa shape index (κ1) is 17.2. The number of thioether (sulfide) groups is 1. The van der Waals surface area contributed by atoms with Gasteiger partial charge in [0.25, 0.3) is 5.91 Å². The van der Waals surface area contributed by atoms with Gasteiger partial charge < -0.3 is 9.88 Å². The first-order valence-corrected chi connectivity index (χ1v) is 9.07. The molecule has 6 heteroatoms. The number of hydrogen-bond acceptors (Lipinski definition) is 3. The number of rotatable bonds is 7. The molecule has 4 nitrogen and oxygen atoms in total. The Bertz CT molecular complexity index is 819. The van der Waals surface area contributed by atoms with Gasteiger partial charge in [0.05, 0.1) is 6.33 Å². The van der Waals surface area contributed by atoms with Gasteiger partial charge in [0.2, 0.25) is 0 Å². The lowest BCUT2D eigenvalue weighted by atomic mass is 10.2. The minimum absolute atomic E-state index is 0.108. The molecule has 0 spiro atoms. The van der Waals surface area contributed by atoms with Crippen molar-refractivity contribution in [3.63, 3.8) is 0 Å². The maximum absolute atomic E-state index is 13.5. The highest BCUT2D eigenvalue weighted by Crippen LogP contribution is 2.15. The average molecular weight is 355 g/mol. The van der Waals surface area contributed by atoms with Crippen LogP contribution in [0.1, 0.15) is 15.9 Å². The predicted molar refractivity (Wildman–Crippen MR) is 98.5 cm³/mol. The van der Waals surface area contributed by atoms with Gasteiger partial charge in [-0.2, -0.15) is 11.8 Å². The minimum atomic E-state index is -0.183. The molecule has 3 rings (SSSR count). The molecule has 0 aliphatic rings. The van der Waals surface area contributed by atoms with Crippen molar-refractivity contribution in [1.29, 1.82) is 0 Å². The molecule has 1 amide bonds. The Morgan fingerprint density at radius 1 is 1.16 bits per heavy atom. The van der Waals surface area contributed by atoms with Crippen molar-refractivity contribution >= 4 is 17.7 Å². The molecule has 1 aromatic heterocycles. The number of nitrogens with zero attached hydrogens (tertiary/aromatic N) is 2. The predicted octanol–water partition coefficient (Wildman–Crippen LogP) is 3.67. The first-order valence-electron chi connectivity index (χ1n) is 7.92. The van der Waals surface area contributed by atoms with Crippen LogP contribution in [0.3, 0.4) is 0 Å². The summed E-state index contributed by atoms with van der Waals surface area (Å²) < 4.78 is 15.4. The monoisotopic (exact) mass is 355 g/mol. The number of hydrogen-bond donors (Lipinski definition) is 1. The third-order valence-electron chi connectivity index (χ3n) is 3.68. The van der Waals surface area contributed by atoms with Gasteiger partial charge in [0, 0.05) is 41.7 Å². The van der Waals surface area contributed by atoms with Gasteiger partial charge in [-0.05, 0) is 35.9 Å². The highest BCUT2D eigenvalue weighted by Gasteiger charge is 2.06. The number of nitrogens with one attached hydrogen (secondary N) is 1. The van der Waals surface area contributed by atoms with Gasteiger partial charge >= 0.3 is 0 Å². The van der Waals surface area contributed by atoms with Crippen LogP contribution in [0, 0.1) is 5.82 Å². The summed E-state index contributed by atoms with van der Waals surface area (Å²) in [6.07, 6.45) is 5.27. The zero-order valence-corrected chi connectivity index (χ0v) is 14.4. The fourth-order valence-corrected chi connectivity index (χ4v) is 3.18. The van der Waals surface area contributed by atoms with Gasteiger partial charge in [-0.1, -0.05) is 18.2 Å². The molecule has 1 N–H and O–H groups in total. The third-order valence-corrected chi connectivity index (χ3v) is 4.69. The van der Waals surface area contributed by atoms with Crippen LogP contribution in [0.15, 0.2) is 67.3 Å². The maximum atomic E-state index is 13.5. The molecule has 0 aliphatic carbocycles. The maximum Gasteiger partial charge on any atom is 0.251 e. The normalized spacial score (nSPS) is 10.6. The summed E-state index contributed by atoms with van der Waals surface area (Å²) in [5, 5.41) is 2.88. The largest absolute Gasteiger partial charge is 0.351 e. The molecule has 0 unspecified atom stereocenters. The fourth-order valence-electron chi connectivity index (χ4n) is 2.33. The smallest absolute Gasteiger partial charge is 0.251 e. The molecule has 0 atom stereocenters. The number of carbonyl (C=O) groups excluding carboxylic acids is 1. The lowest BCUT2D eigenvalue weighted by Crippen LogP contribution is -2.25. The van der Waals surface area contributed by atoms with Crippen LogP contribution in [-0.2, 0) is 5.75 Å². The third kappa shape index (κ3) is 4.70. The van der Waals surface area contributed by atoms with E-state index in [2.05, 4.69) is 10.3 Å². The van der Waals surface area contributed by atoms with E-state index < -0.39 is 0 Å². The van der Waals surface area contributed by atoms with Crippen LogP contribution < -0.4 is 5.32 Å². The Balaban J connectivity index is 1.43. The summed E-state index contributed by atoms with van der Waals surface area (Å²) in [6.45, 7) is 0.543. The van der Waals surface area contributed by atoms with Gasteiger partial charge in [0.15, 0.2) is 0 Å². The summed E-state index contributed by atoms with van der Waals surface area (Å²) in [5.41, 5.74) is 2.26. The average Bonchev–Trinajstić information content (AvgIpc) is 3.17. The van der Waals surface area contributed by atoms with Crippen LogP contribution in [0.25, 0.3) is 5.69 Å². The minimum Gasteiger partial charge on any atom is -0.351 e. The highest BCUT2D eigenvalue weighted by atomic mass is 32.2. The van der Waals surface area contributed by atoms with Gasteiger partial charge in [-0.3, -0.25) is 4.79 Å². The Morgan fingerprint density at radius 2 is 1.96 bits per heavy atom. The summed E-state index contributed by atoms with van der Waals surface area (Å²) in [4.78, 5) is 16.1. The van der Waals surface area contributed by atoms with Crippen molar-refractivity contribution in [1.82, 2.24) is 14.9 Å². The topological polar surface area (TPSA) is 46.9 Å². The van der Waals surface area contributed by atoms with Gasteiger partial charge in [-0.25, -0.2) is 9.37 Å². The van der Waals surface area contributed by atoms with Crippen molar-refractivity contribution in [2.75, 3.05) is 12.3 Å². The molecule has 3 aromatic rings. The van der Waals surface area contributed by atoms with E-state index in [1.165, 1.54) is 6.07 Å². The fraction of sp³-hybridized carbons (Fsp3) is 0.158. The molecule has 25 heavy (non-hydrogen) atoms. The Morgan fingerprint density at radius 3 is 2.68 bits per heavy atom. The van der Waals surface area contributed by atoms with Crippen LogP contribution in [-0.4, -0.2) is 27.8 Å². The molecule has 0 bridgehead atoms. The molecule has 2 aromatic carbocycles. The molecule has 0 fully saturated rings. The zero-order chi connectivity index (χ0) is 17.5. The summed E-state index contributed by atoms with van der Waals surface area (Å²) in [5.74, 6) is 1.04. The van der Waals surface area contributed by atoms with E-state index in [1.54, 1.807) is 48.6 Å². The second kappa shape index (κ2) is 8.48. The molecule has 128 valence electrons. The molecular weight excluding hydrogens is 337 g/mol. The first-order chi connectivity index (χ1) is 12.2. The van der Waals surface area contributed by atoms with E-state index in [4.69, 9.17) is 0 Å². The van der Waals surface area contributed by atoms with Crippen LogP contribution >= 0.6 is 11.8 Å². The van der Waals surface area contributed by atoms with E-state index in [0.717, 1.165) is 11.4 Å². The molecule has 0 saturated heterocycles. The molecule has 0 saturated carbocycles.